The lowest BCUT2D eigenvalue weighted by Crippen LogP contribution is -2.24. The average molecular weight is 293 g/mol. The Morgan fingerprint density at radius 3 is 2.19 bits per heavy atom. The molecule has 1 N–H and O–H groups in total. The van der Waals surface area contributed by atoms with Gasteiger partial charge >= 0.3 is 0 Å². The number of ether oxygens (including phenoxy) is 3. The van der Waals surface area contributed by atoms with Gasteiger partial charge in [0.1, 0.15) is 17.2 Å². The van der Waals surface area contributed by atoms with Gasteiger partial charge in [-0.2, -0.15) is 0 Å². The van der Waals surface area contributed by atoms with Crippen LogP contribution in [0, 0.1) is 11.8 Å². The lowest BCUT2D eigenvalue weighted by atomic mass is 9.98. The Bertz CT molecular complexity index is 436. The lowest BCUT2D eigenvalue weighted by molar-refractivity contribution is 0.359. The van der Waals surface area contributed by atoms with E-state index in [2.05, 4.69) is 12.2 Å². The highest BCUT2D eigenvalue weighted by Crippen LogP contribution is 2.34. The molecule has 0 aliphatic heterocycles. The van der Waals surface area contributed by atoms with Crippen molar-refractivity contribution in [3.8, 4) is 17.2 Å². The second kappa shape index (κ2) is 7.55. The van der Waals surface area contributed by atoms with Gasteiger partial charge in [-0.1, -0.05) is 19.8 Å². The average Bonchev–Trinajstić information content (AvgIpc) is 2.92. The minimum Gasteiger partial charge on any atom is -0.496 e. The van der Waals surface area contributed by atoms with E-state index in [4.69, 9.17) is 14.2 Å². The van der Waals surface area contributed by atoms with Crippen LogP contribution in [0.15, 0.2) is 12.1 Å². The third-order valence-corrected chi connectivity index (χ3v) is 4.56. The summed E-state index contributed by atoms with van der Waals surface area (Å²) in [4.78, 5) is 0. The first-order chi connectivity index (χ1) is 10.2. The molecule has 0 radical (unpaired) electrons. The number of benzene rings is 1. The fraction of sp³-hybridized carbons (Fsp3) is 0.647. The fourth-order valence-corrected chi connectivity index (χ4v) is 3.16. The van der Waals surface area contributed by atoms with Crippen molar-refractivity contribution < 1.29 is 14.2 Å². The zero-order valence-corrected chi connectivity index (χ0v) is 13.6. The maximum absolute atomic E-state index is 5.47. The summed E-state index contributed by atoms with van der Waals surface area (Å²) in [5.41, 5.74) is 1.05. The largest absolute Gasteiger partial charge is 0.496 e. The summed E-state index contributed by atoms with van der Waals surface area (Å²) in [6, 6.07) is 3.80. The molecule has 4 nitrogen and oxygen atoms in total. The minimum absolute atomic E-state index is 0.747. The van der Waals surface area contributed by atoms with Crippen molar-refractivity contribution in [3.63, 3.8) is 0 Å². The Hall–Kier alpha value is -1.42. The second-order valence-electron chi connectivity index (χ2n) is 5.81. The fourth-order valence-electron chi connectivity index (χ4n) is 3.16. The molecular formula is C17H27NO3. The SMILES string of the molecule is COc1cc(OC)c(CNCC2CCCC2C)c(OC)c1. The Morgan fingerprint density at radius 1 is 1.05 bits per heavy atom. The number of nitrogens with one attached hydrogen (secondary N) is 1. The van der Waals surface area contributed by atoms with Crippen LogP contribution >= 0.6 is 0 Å². The van der Waals surface area contributed by atoms with Crippen molar-refractivity contribution in [3.05, 3.63) is 17.7 Å². The monoisotopic (exact) mass is 293 g/mol. The summed E-state index contributed by atoms with van der Waals surface area (Å²) >= 11 is 0. The van der Waals surface area contributed by atoms with Gasteiger partial charge in [0, 0.05) is 18.7 Å². The molecule has 0 bridgehead atoms. The maximum Gasteiger partial charge on any atom is 0.130 e. The number of hydrogen-bond donors (Lipinski definition) is 1. The summed E-state index contributed by atoms with van der Waals surface area (Å²) in [5.74, 6) is 3.98. The van der Waals surface area contributed by atoms with Gasteiger partial charge in [0.2, 0.25) is 0 Å². The zero-order chi connectivity index (χ0) is 15.2. The topological polar surface area (TPSA) is 39.7 Å². The minimum atomic E-state index is 0.747. The van der Waals surface area contributed by atoms with Crippen molar-refractivity contribution >= 4 is 0 Å². The van der Waals surface area contributed by atoms with Crippen LogP contribution < -0.4 is 19.5 Å². The molecule has 0 aromatic heterocycles. The first kappa shape index (κ1) is 16.0. The van der Waals surface area contributed by atoms with Crippen molar-refractivity contribution in [1.82, 2.24) is 5.32 Å². The standard InChI is InChI=1S/C17H27NO3/c1-12-6-5-7-13(12)10-18-11-15-16(20-3)8-14(19-2)9-17(15)21-4/h8-9,12-13,18H,5-7,10-11H2,1-4H3. The highest BCUT2D eigenvalue weighted by Gasteiger charge is 2.23. The molecule has 2 unspecified atom stereocenters. The zero-order valence-electron chi connectivity index (χ0n) is 13.6. The van der Waals surface area contributed by atoms with Crippen LogP contribution in [0.2, 0.25) is 0 Å². The van der Waals surface area contributed by atoms with Gasteiger partial charge in [-0.3, -0.25) is 0 Å². The van der Waals surface area contributed by atoms with Crippen LogP contribution in [0.1, 0.15) is 31.7 Å². The van der Waals surface area contributed by atoms with Gasteiger partial charge in [-0.25, -0.2) is 0 Å². The van der Waals surface area contributed by atoms with E-state index in [1.165, 1.54) is 19.3 Å². The molecule has 4 heteroatoms. The molecule has 1 aliphatic carbocycles. The van der Waals surface area contributed by atoms with Gasteiger partial charge < -0.3 is 19.5 Å². The summed E-state index contributed by atoms with van der Waals surface area (Å²) < 4.78 is 16.2. The quantitative estimate of drug-likeness (QED) is 0.838. The normalized spacial score (nSPS) is 21.3. The molecule has 1 saturated carbocycles. The van der Waals surface area contributed by atoms with Crippen LogP contribution in [0.3, 0.4) is 0 Å². The number of methoxy groups -OCH3 is 3. The van der Waals surface area contributed by atoms with Gasteiger partial charge in [-0.05, 0) is 24.8 Å². The van der Waals surface area contributed by atoms with Crippen molar-refractivity contribution in [1.29, 1.82) is 0 Å². The Kier molecular flexibility index (Phi) is 5.74. The molecule has 0 saturated heterocycles. The molecule has 0 amide bonds. The molecule has 2 atom stereocenters. The van der Waals surface area contributed by atoms with Crippen LogP contribution in [0.25, 0.3) is 0 Å². The highest BCUT2D eigenvalue weighted by atomic mass is 16.5. The summed E-state index contributed by atoms with van der Waals surface area (Å²) in [5, 5.41) is 3.56. The van der Waals surface area contributed by atoms with Crippen LogP contribution in [-0.2, 0) is 6.54 Å². The van der Waals surface area contributed by atoms with E-state index < -0.39 is 0 Å². The molecule has 2 rings (SSSR count). The van der Waals surface area contributed by atoms with E-state index in [1.807, 2.05) is 12.1 Å². The smallest absolute Gasteiger partial charge is 0.130 e. The van der Waals surface area contributed by atoms with Gasteiger partial charge in [0.05, 0.1) is 26.9 Å². The second-order valence-corrected chi connectivity index (χ2v) is 5.81. The van der Waals surface area contributed by atoms with Crippen molar-refractivity contribution in [2.75, 3.05) is 27.9 Å². The Labute approximate surface area is 127 Å². The first-order valence-electron chi connectivity index (χ1n) is 7.69. The molecular weight excluding hydrogens is 266 g/mol. The molecule has 0 heterocycles. The molecule has 118 valence electrons. The number of rotatable bonds is 7. The number of hydrogen-bond acceptors (Lipinski definition) is 4. The molecule has 21 heavy (non-hydrogen) atoms. The maximum atomic E-state index is 5.47. The predicted octanol–water partition coefficient (Wildman–Crippen LogP) is 3.24. The van der Waals surface area contributed by atoms with E-state index in [-0.39, 0.29) is 0 Å². The Balaban J connectivity index is 2.04. The third kappa shape index (κ3) is 3.82. The molecule has 1 aliphatic rings. The summed E-state index contributed by atoms with van der Waals surface area (Å²) in [6.07, 6.45) is 4.06. The van der Waals surface area contributed by atoms with Crippen molar-refractivity contribution in [2.45, 2.75) is 32.7 Å². The summed E-state index contributed by atoms with van der Waals surface area (Å²) in [6.45, 7) is 4.16. The third-order valence-electron chi connectivity index (χ3n) is 4.56. The summed E-state index contributed by atoms with van der Waals surface area (Å²) in [7, 11) is 5.00. The van der Waals surface area contributed by atoms with E-state index >= 15 is 0 Å². The molecule has 1 aromatic carbocycles. The lowest BCUT2D eigenvalue weighted by Gasteiger charge is -2.18. The molecule has 1 aromatic rings. The van der Waals surface area contributed by atoms with Gasteiger partial charge in [0.25, 0.3) is 0 Å². The van der Waals surface area contributed by atoms with Gasteiger partial charge in [-0.15, -0.1) is 0 Å². The van der Waals surface area contributed by atoms with E-state index in [1.54, 1.807) is 21.3 Å². The van der Waals surface area contributed by atoms with E-state index in [0.29, 0.717) is 0 Å². The van der Waals surface area contributed by atoms with Crippen LogP contribution in [0.5, 0.6) is 17.2 Å². The predicted molar refractivity (Wildman–Crippen MR) is 84.3 cm³/mol. The van der Waals surface area contributed by atoms with E-state index in [9.17, 15) is 0 Å². The first-order valence-corrected chi connectivity index (χ1v) is 7.69. The van der Waals surface area contributed by atoms with Crippen molar-refractivity contribution in [2.24, 2.45) is 11.8 Å². The van der Waals surface area contributed by atoms with Crippen LogP contribution in [0.4, 0.5) is 0 Å². The van der Waals surface area contributed by atoms with Crippen LogP contribution in [-0.4, -0.2) is 27.9 Å². The van der Waals surface area contributed by atoms with Gasteiger partial charge in [0.15, 0.2) is 0 Å². The Morgan fingerprint density at radius 2 is 1.71 bits per heavy atom. The highest BCUT2D eigenvalue weighted by molar-refractivity contribution is 5.50. The molecule has 0 spiro atoms. The molecule has 1 fully saturated rings. The van der Waals surface area contributed by atoms with E-state index in [0.717, 1.165) is 47.7 Å².